The number of aromatic nitrogens is 6. The van der Waals surface area contributed by atoms with E-state index in [2.05, 4.69) is 145 Å². The first-order chi connectivity index (χ1) is 48.0. The molecule has 0 aliphatic carbocycles. The van der Waals surface area contributed by atoms with Gasteiger partial charge in [0.25, 0.3) is 0 Å². The van der Waals surface area contributed by atoms with E-state index in [1.54, 1.807) is 36.7 Å². The van der Waals surface area contributed by atoms with Crippen molar-refractivity contribution in [2.45, 2.75) is 182 Å². The molecule has 98 heavy (non-hydrogen) atoms. The molecule has 10 rings (SSSR count). The molecule has 0 bridgehead atoms. The van der Waals surface area contributed by atoms with Crippen LogP contribution < -0.4 is 31.1 Å². The lowest BCUT2D eigenvalue weighted by Crippen LogP contribution is -2.53. The van der Waals surface area contributed by atoms with Crippen molar-refractivity contribution in [1.29, 1.82) is 5.26 Å². The van der Waals surface area contributed by atoms with Gasteiger partial charge in [-0.2, -0.15) is 5.26 Å². The number of halogens is 4. The fourth-order valence-electron chi connectivity index (χ4n) is 14.0. The van der Waals surface area contributed by atoms with Crippen molar-refractivity contribution < 1.29 is 9.47 Å². The first-order valence-corrected chi connectivity index (χ1v) is 37.6. The molecular weight excluding hydrogens is 1290 g/mol. The summed E-state index contributed by atoms with van der Waals surface area (Å²) in [5.41, 5.74) is 8.14. The molecule has 0 aliphatic rings. The zero-order valence-electron chi connectivity index (χ0n) is 57.9. The highest BCUT2D eigenvalue weighted by atomic mass is 35.5. The number of ether oxygens (including phenoxy) is 2. The molecule has 10 nitrogen and oxygen atoms in total. The second-order valence-electron chi connectivity index (χ2n) is 26.5. The summed E-state index contributed by atoms with van der Waals surface area (Å²) < 4.78 is 18.1. The number of hydrogen-bond donors (Lipinski definition) is 0. The minimum atomic E-state index is -0.578. The van der Waals surface area contributed by atoms with Gasteiger partial charge in [0.05, 0.1) is 84.9 Å². The van der Waals surface area contributed by atoms with Crippen LogP contribution in [0.3, 0.4) is 0 Å². The maximum absolute atomic E-state index is 12.0. The van der Waals surface area contributed by atoms with E-state index in [1.165, 1.54) is 128 Å². The molecule has 0 amide bonds. The summed E-state index contributed by atoms with van der Waals surface area (Å²) in [6.07, 6.45) is 32.7. The highest BCUT2D eigenvalue weighted by Crippen LogP contribution is 2.38. The van der Waals surface area contributed by atoms with Crippen molar-refractivity contribution in [1.82, 2.24) is 29.0 Å². The maximum Gasteiger partial charge on any atom is 0.327 e. The van der Waals surface area contributed by atoms with Crippen LogP contribution in [0.25, 0.3) is 71.5 Å². The van der Waals surface area contributed by atoms with Gasteiger partial charge >= 0.3 is 6.85 Å². The number of rotatable bonds is 37. The topological polar surface area (TPSA) is 108 Å². The molecule has 4 aromatic heterocycles. The van der Waals surface area contributed by atoms with Crippen molar-refractivity contribution in [2.75, 3.05) is 13.2 Å². The van der Waals surface area contributed by atoms with Gasteiger partial charge in [-0.3, -0.25) is 15.0 Å². The summed E-state index contributed by atoms with van der Waals surface area (Å²) >= 11 is 26.7. The van der Waals surface area contributed by atoms with E-state index < -0.39 is 6.85 Å². The van der Waals surface area contributed by atoms with Crippen LogP contribution >= 0.6 is 46.4 Å². The Morgan fingerprint density at radius 1 is 0.490 bits per heavy atom. The number of nitriles is 1. The Labute approximate surface area is 601 Å². The molecular formula is C83H93BCl4N8O2. The molecule has 0 saturated heterocycles. The molecule has 0 N–H and O–H groups in total. The molecule has 15 heteroatoms. The molecule has 2 unspecified atom stereocenters. The maximum atomic E-state index is 12.0. The number of unbranched alkanes of at least 4 members (excludes halogenated alkanes) is 16. The van der Waals surface area contributed by atoms with Crippen LogP contribution in [0.4, 0.5) is 0 Å². The SMILES string of the molecule is [C-]#[N+]/C(c1cnc2cc(Cl)c(Cl)cc2n1)=c1\c2c(-c3ccc(OCC(CCCCCC)CCCCCCCC)cc3)n(C)/c(=C(/C#N)c3cnc4cc(Cl)c(Cl)cc4n3)c2c(-c2ccc(OCC(CCCCCC)CCCCCCCC)cc2)n1B(c1ccccc1)c1ccccc1. The number of nitrogens with zero attached hydrogens (tertiary/aromatic N) is 8. The monoisotopic (exact) mass is 1380 g/mol. The third kappa shape index (κ3) is 18.2. The Morgan fingerprint density at radius 2 is 0.867 bits per heavy atom. The van der Waals surface area contributed by atoms with Gasteiger partial charge in [0.15, 0.2) is 0 Å². The standard InChI is InChI=1S/C83H93BCl4N8O2/c1-7-11-15-19-21-27-35-58(33-25-17-13-9-3)56-97-64-45-41-60(42-46-64)80-77-78(82(95(80)6)66(53-89)75-54-91-71-49-67(85)69(87)51-73(71)93-75)81(61-43-47-65(48-44-61)98-57-59(34-26-18-14-10-4)36-28-22-20-16-12-8-2)96(84(62-37-29-23-30-38-62)63-39-31-24-32-40-63)83(77)79(90-5)76-55-92-72-50-68(86)70(88)52-74(72)94-76/h23-24,29-32,37-52,54-55,58-59H,7-22,25-28,33-36,56-57H2,1-4,6H3/b82-66-,83-79+. The van der Waals surface area contributed by atoms with Gasteiger partial charge in [-0.15, -0.1) is 0 Å². The summed E-state index contributed by atoms with van der Waals surface area (Å²) in [6.45, 7) is 19.3. The van der Waals surface area contributed by atoms with Crippen LogP contribution in [0.1, 0.15) is 193 Å². The Balaban J connectivity index is 1.26. The molecule has 6 aromatic carbocycles. The minimum Gasteiger partial charge on any atom is -0.493 e. The average molecular weight is 1390 g/mol. The molecule has 10 aromatic rings. The third-order valence-corrected chi connectivity index (χ3v) is 20.7. The van der Waals surface area contributed by atoms with E-state index in [0.717, 1.165) is 70.6 Å². The van der Waals surface area contributed by atoms with Crippen molar-refractivity contribution in [3.05, 3.63) is 199 Å². The molecule has 0 spiro atoms. The summed E-state index contributed by atoms with van der Waals surface area (Å²) in [7, 11) is 1.99. The van der Waals surface area contributed by atoms with Gasteiger partial charge in [-0.25, -0.2) is 9.83 Å². The smallest absolute Gasteiger partial charge is 0.327 e. The average Bonchev–Trinajstić information content (AvgIpc) is 1.53. The summed E-state index contributed by atoms with van der Waals surface area (Å²) in [4.78, 5) is 24.8. The fourth-order valence-corrected chi connectivity index (χ4v) is 14.6. The predicted octanol–water partition coefficient (Wildman–Crippen LogP) is 21.7. The van der Waals surface area contributed by atoms with E-state index in [9.17, 15) is 11.8 Å². The first-order valence-electron chi connectivity index (χ1n) is 36.1. The van der Waals surface area contributed by atoms with Crippen molar-refractivity contribution in [3.8, 4) is 40.1 Å². The largest absolute Gasteiger partial charge is 0.493 e. The summed E-state index contributed by atoms with van der Waals surface area (Å²) in [6, 6.07) is 46.9. The highest BCUT2D eigenvalue weighted by Gasteiger charge is 2.34. The second-order valence-corrected chi connectivity index (χ2v) is 28.1. The van der Waals surface area contributed by atoms with Crippen LogP contribution in [0.5, 0.6) is 11.5 Å². The van der Waals surface area contributed by atoms with E-state index in [1.807, 2.05) is 19.2 Å². The quantitative estimate of drug-likeness (QED) is 0.0217. The van der Waals surface area contributed by atoms with Crippen LogP contribution in [0.2, 0.25) is 20.1 Å². The molecule has 0 saturated carbocycles. The third-order valence-electron chi connectivity index (χ3n) is 19.3. The van der Waals surface area contributed by atoms with E-state index in [0.29, 0.717) is 100 Å². The Hall–Kier alpha value is -7.64. The Morgan fingerprint density at radius 3 is 1.30 bits per heavy atom. The second kappa shape index (κ2) is 37.0. The van der Waals surface area contributed by atoms with Gasteiger partial charge in [0.2, 0.25) is 5.70 Å². The van der Waals surface area contributed by atoms with Gasteiger partial charge in [-0.1, -0.05) is 274 Å². The Kier molecular flexibility index (Phi) is 27.6. The molecule has 508 valence electrons. The van der Waals surface area contributed by atoms with E-state index in [4.69, 9.17) is 75.8 Å². The van der Waals surface area contributed by atoms with Crippen molar-refractivity contribution in [2.24, 2.45) is 18.9 Å². The van der Waals surface area contributed by atoms with Crippen LogP contribution in [0, 0.1) is 29.7 Å². The summed E-state index contributed by atoms with van der Waals surface area (Å²) in [5, 5.41) is 15.9. The van der Waals surface area contributed by atoms with Crippen molar-refractivity contribution in [3.63, 3.8) is 0 Å². The molecule has 2 atom stereocenters. The number of hydrogen-bond acceptors (Lipinski definition) is 7. The molecule has 0 fully saturated rings. The van der Waals surface area contributed by atoms with Gasteiger partial charge < -0.3 is 18.5 Å². The van der Waals surface area contributed by atoms with E-state index in [-0.39, 0.29) is 11.3 Å². The lowest BCUT2D eigenvalue weighted by molar-refractivity contribution is 0.224. The minimum absolute atomic E-state index is 0.220. The number of benzene rings is 6. The lowest BCUT2D eigenvalue weighted by Gasteiger charge is -2.23. The van der Waals surface area contributed by atoms with Crippen LogP contribution in [-0.4, -0.2) is 49.0 Å². The van der Waals surface area contributed by atoms with Gasteiger partial charge in [0.1, 0.15) is 28.8 Å². The summed E-state index contributed by atoms with van der Waals surface area (Å²) in [5.74, 6) is 2.42. The van der Waals surface area contributed by atoms with Crippen molar-refractivity contribution >= 4 is 108 Å². The van der Waals surface area contributed by atoms with Crippen LogP contribution in [0.15, 0.2) is 146 Å². The normalized spacial score (nSPS) is 12.8. The lowest BCUT2D eigenvalue weighted by atomic mass is 9.50. The molecule has 0 aliphatic heterocycles. The first kappa shape index (κ1) is 73.1. The zero-order valence-corrected chi connectivity index (χ0v) is 60.9. The highest BCUT2D eigenvalue weighted by molar-refractivity contribution is 6.84. The molecule has 0 radical (unpaired) electrons. The number of fused-ring (bicyclic) bond motifs is 3. The van der Waals surface area contributed by atoms with Crippen LogP contribution in [-0.2, 0) is 7.05 Å². The predicted molar refractivity (Wildman–Crippen MR) is 412 cm³/mol. The van der Waals surface area contributed by atoms with E-state index >= 15 is 0 Å². The molecule has 4 heterocycles. The zero-order chi connectivity index (χ0) is 68.8. The van der Waals surface area contributed by atoms with Gasteiger partial charge in [0, 0.05) is 35.1 Å². The fraction of sp³-hybridized carbons (Fsp3) is 0.398. The van der Waals surface area contributed by atoms with Gasteiger partial charge in [-0.05, 0) is 121 Å². The Bertz CT molecular complexity index is 4430.